The first-order valence-electron chi connectivity index (χ1n) is 6.20. The van der Waals surface area contributed by atoms with E-state index in [1.807, 2.05) is 0 Å². The molecule has 1 fully saturated rings. The Hall–Kier alpha value is -0.830. The summed E-state index contributed by atoms with van der Waals surface area (Å²) < 4.78 is 0. The number of allylic oxidation sites excluding steroid dienone is 1. The Bertz CT molecular complexity index is 253. The maximum Gasteiger partial charge on any atom is 0.216 e. The molecule has 1 N–H and O–H groups in total. The predicted octanol–water partition coefficient (Wildman–Crippen LogP) is 1.80. The van der Waals surface area contributed by atoms with Crippen LogP contribution in [0.25, 0.3) is 0 Å². The summed E-state index contributed by atoms with van der Waals surface area (Å²) in [6.45, 7) is 10.1. The lowest BCUT2D eigenvalue weighted by Gasteiger charge is -2.32. The van der Waals surface area contributed by atoms with Crippen molar-refractivity contribution in [3.05, 3.63) is 11.6 Å². The lowest BCUT2D eigenvalue weighted by atomic mass is 9.96. The van der Waals surface area contributed by atoms with Crippen LogP contribution in [0.5, 0.6) is 0 Å². The molecule has 0 spiro atoms. The molecule has 0 aromatic heterocycles. The van der Waals surface area contributed by atoms with Crippen molar-refractivity contribution in [1.82, 2.24) is 10.2 Å². The van der Waals surface area contributed by atoms with Crippen molar-refractivity contribution in [2.75, 3.05) is 26.2 Å². The number of piperidine rings is 1. The number of rotatable bonds is 4. The first kappa shape index (κ1) is 13.2. The third-order valence-corrected chi connectivity index (χ3v) is 3.31. The quantitative estimate of drug-likeness (QED) is 0.739. The highest BCUT2D eigenvalue weighted by Gasteiger charge is 2.18. The molecule has 92 valence electrons. The number of nitrogens with one attached hydrogen (secondary N) is 1. The zero-order valence-corrected chi connectivity index (χ0v) is 10.8. The Morgan fingerprint density at radius 1 is 1.38 bits per heavy atom. The number of carbonyl (C=O) groups excluding carboxylic acids is 1. The molecule has 0 bridgehead atoms. The summed E-state index contributed by atoms with van der Waals surface area (Å²) in [7, 11) is 0. The minimum absolute atomic E-state index is 0.0900. The van der Waals surface area contributed by atoms with E-state index in [-0.39, 0.29) is 5.91 Å². The lowest BCUT2D eigenvalue weighted by Crippen LogP contribution is -2.38. The average molecular weight is 224 g/mol. The van der Waals surface area contributed by atoms with Gasteiger partial charge in [-0.1, -0.05) is 11.6 Å². The van der Waals surface area contributed by atoms with Gasteiger partial charge in [-0.25, -0.2) is 0 Å². The van der Waals surface area contributed by atoms with Crippen LogP contribution in [-0.4, -0.2) is 37.0 Å². The molecule has 0 saturated carbocycles. The topological polar surface area (TPSA) is 32.3 Å². The Kier molecular flexibility index (Phi) is 5.53. The first-order chi connectivity index (χ1) is 7.61. The maximum atomic E-state index is 10.8. The van der Waals surface area contributed by atoms with Crippen molar-refractivity contribution in [2.24, 2.45) is 5.92 Å². The van der Waals surface area contributed by atoms with Crippen LogP contribution >= 0.6 is 0 Å². The van der Waals surface area contributed by atoms with Crippen LogP contribution in [0.15, 0.2) is 11.6 Å². The van der Waals surface area contributed by atoms with Gasteiger partial charge in [0.1, 0.15) is 0 Å². The molecule has 16 heavy (non-hydrogen) atoms. The summed E-state index contributed by atoms with van der Waals surface area (Å²) in [6.07, 6.45) is 4.60. The van der Waals surface area contributed by atoms with Crippen molar-refractivity contribution < 1.29 is 4.79 Å². The molecular weight excluding hydrogens is 200 g/mol. The van der Waals surface area contributed by atoms with Gasteiger partial charge in [0.15, 0.2) is 0 Å². The van der Waals surface area contributed by atoms with Crippen molar-refractivity contribution in [1.29, 1.82) is 0 Å². The highest BCUT2D eigenvalue weighted by atomic mass is 16.1. The summed E-state index contributed by atoms with van der Waals surface area (Å²) in [4.78, 5) is 13.3. The molecule has 1 aliphatic heterocycles. The van der Waals surface area contributed by atoms with E-state index in [1.165, 1.54) is 18.4 Å². The van der Waals surface area contributed by atoms with Crippen LogP contribution in [0.4, 0.5) is 0 Å². The molecule has 0 aromatic rings. The summed E-state index contributed by atoms with van der Waals surface area (Å²) in [5, 5.41) is 2.91. The Morgan fingerprint density at radius 3 is 2.50 bits per heavy atom. The summed E-state index contributed by atoms with van der Waals surface area (Å²) in [5.41, 5.74) is 1.44. The largest absolute Gasteiger partial charge is 0.356 e. The van der Waals surface area contributed by atoms with E-state index in [4.69, 9.17) is 0 Å². The molecule has 1 heterocycles. The predicted molar refractivity (Wildman–Crippen MR) is 67.3 cm³/mol. The number of carbonyl (C=O) groups is 1. The van der Waals surface area contributed by atoms with Gasteiger partial charge >= 0.3 is 0 Å². The first-order valence-corrected chi connectivity index (χ1v) is 6.20. The van der Waals surface area contributed by atoms with Gasteiger partial charge in [0.05, 0.1) is 0 Å². The third-order valence-electron chi connectivity index (χ3n) is 3.31. The Labute approximate surface area is 98.9 Å². The molecule has 1 rings (SSSR count). The SMILES string of the molecule is C/C=C(\C)CN1CCC(CNC(C)=O)CC1. The molecule has 0 radical (unpaired) electrons. The van der Waals surface area contributed by atoms with Gasteiger partial charge in [0.25, 0.3) is 0 Å². The lowest BCUT2D eigenvalue weighted by molar-refractivity contribution is -0.119. The minimum atomic E-state index is 0.0900. The molecule has 0 aliphatic carbocycles. The Morgan fingerprint density at radius 2 is 2.00 bits per heavy atom. The van der Waals surface area contributed by atoms with Crippen LogP contribution in [0, 0.1) is 5.92 Å². The third kappa shape index (κ3) is 4.79. The smallest absolute Gasteiger partial charge is 0.216 e. The molecule has 1 amide bonds. The van der Waals surface area contributed by atoms with E-state index in [1.54, 1.807) is 6.92 Å². The van der Waals surface area contributed by atoms with E-state index in [2.05, 4.69) is 30.1 Å². The van der Waals surface area contributed by atoms with Crippen LogP contribution < -0.4 is 5.32 Å². The fourth-order valence-corrected chi connectivity index (χ4v) is 2.08. The summed E-state index contributed by atoms with van der Waals surface area (Å²) in [5.74, 6) is 0.762. The average Bonchev–Trinajstić information content (AvgIpc) is 2.28. The van der Waals surface area contributed by atoms with Crippen molar-refractivity contribution >= 4 is 5.91 Å². The minimum Gasteiger partial charge on any atom is -0.356 e. The normalized spacial score (nSPS) is 19.8. The molecule has 0 aromatic carbocycles. The second-order valence-corrected chi connectivity index (χ2v) is 4.79. The van der Waals surface area contributed by atoms with Crippen LogP contribution in [0.3, 0.4) is 0 Å². The highest BCUT2D eigenvalue weighted by Crippen LogP contribution is 2.17. The second kappa shape index (κ2) is 6.69. The van der Waals surface area contributed by atoms with Gasteiger partial charge in [-0.05, 0) is 45.7 Å². The summed E-state index contributed by atoms with van der Waals surface area (Å²) >= 11 is 0. The van der Waals surface area contributed by atoms with E-state index in [0.717, 1.165) is 26.2 Å². The van der Waals surface area contributed by atoms with Gasteiger partial charge in [0, 0.05) is 20.0 Å². The number of nitrogens with zero attached hydrogens (tertiary/aromatic N) is 1. The van der Waals surface area contributed by atoms with Crippen molar-refractivity contribution in [2.45, 2.75) is 33.6 Å². The highest BCUT2D eigenvalue weighted by molar-refractivity contribution is 5.72. The number of hydrogen-bond acceptors (Lipinski definition) is 2. The van der Waals surface area contributed by atoms with E-state index in [9.17, 15) is 4.79 Å². The van der Waals surface area contributed by atoms with E-state index in [0.29, 0.717) is 5.92 Å². The van der Waals surface area contributed by atoms with Gasteiger partial charge < -0.3 is 5.32 Å². The Balaban J connectivity index is 2.20. The van der Waals surface area contributed by atoms with Crippen molar-refractivity contribution in [3.8, 4) is 0 Å². The maximum absolute atomic E-state index is 10.8. The van der Waals surface area contributed by atoms with Gasteiger partial charge in [-0.15, -0.1) is 0 Å². The second-order valence-electron chi connectivity index (χ2n) is 4.79. The van der Waals surface area contributed by atoms with Crippen LogP contribution in [0.2, 0.25) is 0 Å². The molecular formula is C13H24N2O. The molecule has 1 saturated heterocycles. The van der Waals surface area contributed by atoms with Gasteiger partial charge in [0.2, 0.25) is 5.91 Å². The fourth-order valence-electron chi connectivity index (χ4n) is 2.08. The monoisotopic (exact) mass is 224 g/mol. The molecule has 0 atom stereocenters. The molecule has 1 aliphatic rings. The van der Waals surface area contributed by atoms with Gasteiger partial charge in [-0.2, -0.15) is 0 Å². The molecule has 3 nitrogen and oxygen atoms in total. The number of hydrogen-bond donors (Lipinski definition) is 1. The van der Waals surface area contributed by atoms with E-state index >= 15 is 0 Å². The fraction of sp³-hybridized carbons (Fsp3) is 0.769. The standard InChI is InChI=1S/C13H24N2O/c1-4-11(2)10-15-7-5-13(6-8-15)9-14-12(3)16/h4,13H,5-10H2,1-3H3,(H,14,16)/b11-4+. The van der Waals surface area contributed by atoms with Crippen LogP contribution in [-0.2, 0) is 4.79 Å². The zero-order valence-electron chi connectivity index (χ0n) is 10.8. The molecule has 3 heteroatoms. The number of amides is 1. The van der Waals surface area contributed by atoms with Gasteiger partial charge in [-0.3, -0.25) is 9.69 Å². The molecule has 0 unspecified atom stereocenters. The zero-order chi connectivity index (χ0) is 12.0. The van der Waals surface area contributed by atoms with E-state index < -0.39 is 0 Å². The van der Waals surface area contributed by atoms with Crippen LogP contribution in [0.1, 0.15) is 33.6 Å². The summed E-state index contributed by atoms with van der Waals surface area (Å²) in [6, 6.07) is 0. The van der Waals surface area contributed by atoms with Crippen molar-refractivity contribution in [3.63, 3.8) is 0 Å². The number of likely N-dealkylation sites (tertiary alicyclic amines) is 1.